The van der Waals surface area contributed by atoms with Crippen LogP contribution in [0.3, 0.4) is 0 Å². The molecule has 0 spiro atoms. The second-order valence-electron chi connectivity index (χ2n) is 9.53. The van der Waals surface area contributed by atoms with Crippen LogP contribution in [0.4, 0.5) is 0 Å². The van der Waals surface area contributed by atoms with Crippen LogP contribution in [0.2, 0.25) is 0 Å². The third-order valence-electron chi connectivity index (χ3n) is 7.42. The van der Waals surface area contributed by atoms with E-state index in [-0.39, 0.29) is 23.0 Å². The van der Waals surface area contributed by atoms with Gasteiger partial charge in [-0.2, -0.15) is 0 Å². The van der Waals surface area contributed by atoms with E-state index >= 15 is 0 Å². The minimum atomic E-state index is -0.215. The van der Waals surface area contributed by atoms with Crippen molar-refractivity contribution in [2.75, 3.05) is 27.8 Å². The molecule has 3 aromatic rings. The third-order valence-corrected chi connectivity index (χ3v) is 7.42. The summed E-state index contributed by atoms with van der Waals surface area (Å²) in [4.78, 5) is 15.5. The van der Waals surface area contributed by atoms with Gasteiger partial charge in [-0.3, -0.25) is 4.79 Å². The van der Waals surface area contributed by atoms with E-state index in [9.17, 15) is 9.90 Å². The average Bonchev–Trinajstić information content (AvgIpc) is 3.37. The van der Waals surface area contributed by atoms with Crippen LogP contribution < -0.4 is 9.47 Å². The number of carbonyl (C=O) groups excluding carboxylic acids is 1. The molecule has 184 valence electrons. The Morgan fingerprint density at radius 2 is 1.60 bits per heavy atom. The molecule has 0 aliphatic heterocycles. The van der Waals surface area contributed by atoms with Crippen molar-refractivity contribution in [3.05, 3.63) is 89.5 Å². The van der Waals surface area contributed by atoms with Gasteiger partial charge in [-0.25, -0.2) is 0 Å². The maximum atomic E-state index is 13.6. The number of rotatable bonds is 9. The monoisotopic (exact) mass is 473 g/mol. The molecule has 1 aliphatic rings. The van der Waals surface area contributed by atoms with Gasteiger partial charge >= 0.3 is 0 Å². The Bertz CT molecular complexity index is 1140. The maximum absolute atomic E-state index is 13.6. The molecule has 0 radical (unpaired) electrons. The number of phenolic OH excluding ortho intramolecular Hbond substituents is 1. The zero-order chi connectivity index (χ0) is 24.8. The van der Waals surface area contributed by atoms with E-state index in [1.165, 1.54) is 5.56 Å². The first-order valence-corrected chi connectivity index (χ1v) is 12.3. The van der Waals surface area contributed by atoms with Gasteiger partial charge in [-0.15, -0.1) is 0 Å². The second-order valence-corrected chi connectivity index (χ2v) is 9.53. The lowest BCUT2D eigenvalue weighted by atomic mass is 9.78. The lowest BCUT2D eigenvalue weighted by Gasteiger charge is -2.35. The molecule has 5 heteroatoms. The molecule has 1 aliphatic carbocycles. The van der Waals surface area contributed by atoms with Crippen LogP contribution in [-0.4, -0.2) is 43.7 Å². The summed E-state index contributed by atoms with van der Waals surface area (Å²) >= 11 is 0. The quantitative estimate of drug-likeness (QED) is 0.420. The standard InChI is InChI=1S/C30H35NO4/c1-31(21-30(17-9-10-18-30)23-15-16-27(34-2)28(19-23)35-3)29(33)20-25(22-11-5-4-6-12-22)24-13-7-8-14-26(24)32/h4-8,11-16,19,25,32H,9-10,17-18,20-21H2,1-3H3. The molecular formula is C30H35NO4. The Labute approximate surface area is 208 Å². The van der Waals surface area contributed by atoms with E-state index in [1.54, 1.807) is 20.3 Å². The van der Waals surface area contributed by atoms with E-state index in [4.69, 9.17) is 9.47 Å². The number of aromatic hydroxyl groups is 1. The predicted octanol–water partition coefficient (Wildman–Crippen LogP) is 5.90. The van der Waals surface area contributed by atoms with Crippen LogP contribution in [0, 0.1) is 0 Å². The first kappa shape index (κ1) is 24.6. The highest BCUT2D eigenvalue weighted by atomic mass is 16.5. The molecule has 0 heterocycles. The Morgan fingerprint density at radius 3 is 2.26 bits per heavy atom. The van der Waals surface area contributed by atoms with Gasteiger partial charge in [0.25, 0.3) is 0 Å². The molecular weight excluding hydrogens is 438 g/mol. The number of hydrogen-bond acceptors (Lipinski definition) is 4. The molecule has 4 rings (SSSR count). The van der Waals surface area contributed by atoms with Gasteiger partial charge in [0.2, 0.25) is 5.91 Å². The van der Waals surface area contributed by atoms with Crippen LogP contribution in [0.25, 0.3) is 0 Å². The highest BCUT2D eigenvalue weighted by Crippen LogP contribution is 2.44. The first-order valence-electron chi connectivity index (χ1n) is 12.3. The van der Waals surface area contributed by atoms with Crippen molar-refractivity contribution in [3.8, 4) is 17.2 Å². The molecule has 0 bridgehead atoms. The van der Waals surface area contributed by atoms with Gasteiger partial charge in [0.05, 0.1) is 14.2 Å². The smallest absolute Gasteiger partial charge is 0.223 e. The SMILES string of the molecule is COc1ccc(C2(CN(C)C(=O)CC(c3ccccc3)c3ccccc3O)CCCC2)cc1OC. The summed E-state index contributed by atoms with van der Waals surface area (Å²) in [6.45, 7) is 0.642. The van der Waals surface area contributed by atoms with Gasteiger partial charge in [-0.05, 0) is 42.2 Å². The van der Waals surface area contributed by atoms with Crippen LogP contribution >= 0.6 is 0 Å². The number of phenols is 1. The van der Waals surface area contributed by atoms with E-state index < -0.39 is 0 Å². The molecule has 1 amide bonds. The summed E-state index contributed by atoms with van der Waals surface area (Å²) in [6, 6.07) is 23.4. The molecule has 35 heavy (non-hydrogen) atoms. The average molecular weight is 474 g/mol. The number of methoxy groups -OCH3 is 2. The van der Waals surface area contributed by atoms with E-state index in [1.807, 2.05) is 66.5 Å². The number of para-hydroxylation sites is 1. The van der Waals surface area contributed by atoms with Crippen molar-refractivity contribution < 1.29 is 19.4 Å². The van der Waals surface area contributed by atoms with Crippen LogP contribution in [0.15, 0.2) is 72.8 Å². The van der Waals surface area contributed by atoms with Crippen molar-refractivity contribution in [1.82, 2.24) is 4.90 Å². The maximum Gasteiger partial charge on any atom is 0.223 e. The fraction of sp³-hybridized carbons (Fsp3) is 0.367. The van der Waals surface area contributed by atoms with E-state index in [2.05, 4.69) is 12.1 Å². The van der Waals surface area contributed by atoms with Crippen LogP contribution in [0.1, 0.15) is 54.7 Å². The number of nitrogens with zero attached hydrogens (tertiary/aromatic N) is 1. The highest BCUT2D eigenvalue weighted by Gasteiger charge is 2.38. The largest absolute Gasteiger partial charge is 0.508 e. The van der Waals surface area contributed by atoms with Crippen molar-refractivity contribution in [3.63, 3.8) is 0 Å². The minimum Gasteiger partial charge on any atom is -0.508 e. The second kappa shape index (κ2) is 10.9. The minimum absolute atomic E-state index is 0.0638. The number of amides is 1. The molecule has 1 saturated carbocycles. The normalized spacial score (nSPS) is 15.4. The molecule has 1 unspecified atom stereocenters. The summed E-state index contributed by atoms with van der Waals surface area (Å²) < 4.78 is 11.0. The summed E-state index contributed by atoms with van der Waals surface area (Å²) in [5.74, 6) is 1.49. The lowest BCUT2D eigenvalue weighted by Crippen LogP contribution is -2.40. The number of hydrogen-bond donors (Lipinski definition) is 1. The van der Waals surface area contributed by atoms with E-state index in [0.717, 1.165) is 36.8 Å². The summed E-state index contributed by atoms with van der Waals surface area (Å²) in [5, 5.41) is 10.6. The number of benzene rings is 3. The molecule has 1 atom stereocenters. The molecule has 0 saturated heterocycles. The first-order chi connectivity index (χ1) is 17.0. The molecule has 5 nitrogen and oxygen atoms in total. The zero-order valence-corrected chi connectivity index (χ0v) is 20.9. The zero-order valence-electron chi connectivity index (χ0n) is 20.9. The Balaban J connectivity index is 1.58. The van der Waals surface area contributed by atoms with Gasteiger partial charge in [0.15, 0.2) is 11.5 Å². The predicted molar refractivity (Wildman–Crippen MR) is 138 cm³/mol. The number of ether oxygens (including phenoxy) is 2. The topological polar surface area (TPSA) is 59.0 Å². The summed E-state index contributed by atoms with van der Waals surface area (Å²) in [6.07, 6.45) is 4.63. The molecule has 1 fully saturated rings. The summed E-state index contributed by atoms with van der Waals surface area (Å²) in [5.41, 5.74) is 2.87. The van der Waals surface area contributed by atoms with Crippen molar-refractivity contribution in [1.29, 1.82) is 0 Å². The number of likely N-dealkylation sites (N-methyl/N-ethyl adjacent to an activating group) is 1. The highest BCUT2D eigenvalue weighted by molar-refractivity contribution is 5.78. The van der Waals surface area contributed by atoms with Gasteiger partial charge in [0.1, 0.15) is 5.75 Å². The van der Waals surface area contributed by atoms with Crippen molar-refractivity contribution >= 4 is 5.91 Å². The Hall–Kier alpha value is -3.47. The lowest BCUT2D eigenvalue weighted by molar-refractivity contribution is -0.131. The fourth-order valence-corrected chi connectivity index (χ4v) is 5.50. The fourth-order valence-electron chi connectivity index (χ4n) is 5.50. The van der Waals surface area contributed by atoms with E-state index in [0.29, 0.717) is 24.5 Å². The third kappa shape index (κ3) is 5.29. The van der Waals surface area contributed by atoms with Crippen LogP contribution in [0.5, 0.6) is 17.2 Å². The van der Waals surface area contributed by atoms with Gasteiger partial charge in [-0.1, -0.05) is 67.4 Å². The Morgan fingerprint density at radius 1 is 0.943 bits per heavy atom. The number of carbonyl (C=O) groups is 1. The van der Waals surface area contributed by atoms with Gasteiger partial charge in [0, 0.05) is 36.9 Å². The Kier molecular flexibility index (Phi) is 7.64. The summed E-state index contributed by atoms with van der Waals surface area (Å²) in [7, 11) is 5.19. The van der Waals surface area contributed by atoms with Gasteiger partial charge < -0.3 is 19.5 Å². The molecule has 1 N–H and O–H groups in total. The van der Waals surface area contributed by atoms with Crippen molar-refractivity contribution in [2.45, 2.75) is 43.4 Å². The van der Waals surface area contributed by atoms with Crippen molar-refractivity contribution in [2.24, 2.45) is 0 Å². The molecule has 3 aromatic carbocycles. The van der Waals surface area contributed by atoms with Crippen LogP contribution in [-0.2, 0) is 10.2 Å². The molecule has 0 aromatic heterocycles.